The molecule has 0 unspecified atom stereocenters. The molecule has 0 saturated carbocycles. The van der Waals surface area contributed by atoms with Gasteiger partial charge in [-0.1, -0.05) is 19.9 Å². The van der Waals surface area contributed by atoms with E-state index in [0.717, 1.165) is 0 Å². The Kier molecular flexibility index (Phi) is 8.63. The second-order valence-corrected chi connectivity index (χ2v) is 9.64. The predicted octanol–water partition coefficient (Wildman–Crippen LogP) is 4.12. The normalized spacial score (nSPS) is 17.3. The topological polar surface area (TPSA) is 99.5 Å². The van der Waals surface area contributed by atoms with Crippen molar-refractivity contribution in [2.24, 2.45) is 5.92 Å². The van der Waals surface area contributed by atoms with Crippen LogP contribution in [0.25, 0.3) is 5.76 Å². The van der Waals surface area contributed by atoms with Crippen molar-refractivity contribution < 1.29 is 29.3 Å². The fourth-order valence-corrected chi connectivity index (χ4v) is 4.14. The minimum absolute atomic E-state index is 0.00541. The zero-order valence-corrected chi connectivity index (χ0v) is 21.9. The SMILES string of the molecule is CCOc1cc([C@H]2/C(=C(\O)c3ccc(OCC(C)C)cc3C)C(=O)C(=O)N2CCN(C)C)ccc1O. The third-order valence-corrected chi connectivity index (χ3v) is 5.96. The first-order chi connectivity index (χ1) is 17.0. The number of hydrogen-bond acceptors (Lipinski definition) is 7. The average molecular weight is 497 g/mol. The third-order valence-electron chi connectivity index (χ3n) is 5.96. The van der Waals surface area contributed by atoms with Crippen LogP contribution in [0.15, 0.2) is 42.0 Å². The molecule has 8 heteroatoms. The number of phenolic OH excluding ortho intramolecular Hbond substituents is 1. The van der Waals surface area contributed by atoms with Crippen molar-refractivity contribution in [2.45, 2.75) is 33.7 Å². The second kappa shape index (κ2) is 11.5. The third kappa shape index (κ3) is 5.82. The Balaban J connectivity index is 2.13. The number of aromatic hydroxyl groups is 1. The Labute approximate surface area is 212 Å². The predicted molar refractivity (Wildman–Crippen MR) is 138 cm³/mol. The lowest BCUT2D eigenvalue weighted by molar-refractivity contribution is -0.140. The van der Waals surface area contributed by atoms with Gasteiger partial charge in [-0.2, -0.15) is 0 Å². The Hall–Kier alpha value is -3.52. The summed E-state index contributed by atoms with van der Waals surface area (Å²) in [7, 11) is 3.76. The van der Waals surface area contributed by atoms with Gasteiger partial charge in [-0.3, -0.25) is 9.59 Å². The lowest BCUT2D eigenvalue weighted by atomic mass is 9.93. The molecule has 2 N–H and O–H groups in total. The molecule has 0 bridgehead atoms. The van der Waals surface area contributed by atoms with Crippen LogP contribution in [0, 0.1) is 12.8 Å². The summed E-state index contributed by atoms with van der Waals surface area (Å²) in [5.74, 6) is -0.436. The summed E-state index contributed by atoms with van der Waals surface area (Å²) in [6.45, 7) is 9.44. The quantitative estimate of drug-likeness (QED) is 0.290. The van der Waals surface area contributed by atoms with Crippen LogP contribution in [0.3, 0.4) is 0 Å². The number of aliphatic hydroxyl groups excluding tert-OH is 1. The molecule has 1 heterocycles. The number of ketones is 1. The van der Waals surface area contributed by atoms with E-state index in [2.05, 4.69) is 13.8 Å². The fourth-order valence-electron chi connectivity index (χ4n) is 4.14. The number of Topliss-reactive ketones (excluding diaryl/α,β-unsaturated/α-hetero) is 1. The minimum Gasteiger partial charge on any atom is -0.507 e. The molecule has 36 heavy (non-hydrogen) atoms. The van der Waals surface area contributed by atoms with Gasteiger partial charge < -0.3 is 29.5 Å². The zero-order valence-electron chi connectivity index (χ0n) is 21.9. The Morgan fingerprint density at radius 2 is 1.83 bits per heavy atom. The highest BCUT2D eigenvalue weighted by Crippen LogP contribution is 2.42. The van der Waals surface area contributed by atoms with Gasteiger partial charge in [-0.15, -0.1) is 0 Å². The number of carbonyl (C=O) groups is 2. The Morgan fingerprint density at radius 3 is 2.44 bits per heavy atom. The van der Waals surface area contributed by atoms with Gasteiger partial charge in [0.2, 0.25) is 0 Å². The van der Waals surface area contributed by atoms with Gasteiger partial charge in [0, 0.05) is 18.7 Å². The average Bonchev–Trinajstić information content (AvgIpc) is 3.07. The molecule has 1 saturated heterocycles. The van der Waals surface area contributed by atoms with Crippen LogP contribution in [0.1, 0.15) is 43.5 Å². The maximum atomic E-state index is 13.3. The molecule has 1 fully saturated rings. The van der Waals surface area contributed by atoms with Gasteiger partial charge >= 0.3 is 0 Å². The van der Waals surface area contributed by atoms with Crippen LogP contribution in [0.5, 0.6) is 17.2 Å². The fraction of sp³-hybridized carbons (Fsp3) is 0.429. The van der Waals surface area contributed by atoms with Gasteiger partial charge in [-0.05, 0) is 75.3 Å². The first-order valence-electron chi connectivity index (χ1n) is 12.2. The molecule has 0 radical (unpaired) electrons. The molecule has 1 aliphatic heterocycles. The number of phenols is 1. The van der Waals surface area contributed by atoms with Crippen LogP contribution in [-0.4, -0.2) is 72.1 Å². The van der Waals surface area contributed by atoms with Crippen molar-refractivity contribution in [3.8, 4) is 17.2 Å². The van der Waals surface area contributed by atoms with Crippen molar-refractivity contribution in [3.63, 3.8) is 0 Å². The molecular formula is C28H36N2O6. The maximum absolute atomic E-state index is 13.3. The number of ether oxygens (including phenoxy) is 2. The molecule has 0 spiro atoms. The van der Waals surface area contributed by atoms with Crippen molar-refractivity contribution in [1.82, 2.24) is 9.80 Å². The minimum atomic E-state index is -0.832. The highest BCUT2D eigenvalue weighted by molar-refractivity contribution is 6.46. The number of likely N-dealkylation sites (N-methyl/N-ethyl adjacent to an activating group) is 1. The number of benzene rings is 2. The van der Waals surface area contributed by atoms with Crippen molar-refractivity contribution in [3.05, 3.63) is 58.7 Å². The van der Waals surface area contributed by atoms with E-state index >= 15 is 0 Å². The van der Waals surface area contributed by atoms with Crippen LogP contribution in [-0.2, 0) is 9.59 Å². The number of hydrogen-bond donors (Lipinski definition) is 2. The summed E-state index contributed by atoms with van der Waals surface area (Å²) < 4.78 is 11.3. The van der Waals surface area contributed by atoms with Crippen molar-refractivity contribution in [2.75, 3.05) is 40.4 Å². The first-order valence-corrected chi connectivity index (χ1v) is 12.2. The van der Waals surface area contributed by atoms with E-state index in [9.17, 15) is 19.8 Å². The second-order valence-electron chi connectivity index (χ2n) is 9.64. The lowest BCUT2D eigenvalue weighted by Crippen LogP contribution is -2.35. The number of carbonyl (C=O) groups excluding carboxylic acids is 2. The molecule has 0 aliphatic carbocycles. The summed E-state index contributed by atoms with van der Waals surface area (Å²) in [6.07, 6.45) is 0. The smallest absolute Gasteiger partial charge is 0.295 e. The Bertz CT molecular complexity index is 1150. The van der Waals surface area contributed by atoms with Gasteiger partial charge in [0.05, 0.1) is 24.8 Å². The maximum Gasteiger partial charge on any atom is 0.295 e. The van der Waals surface area contributed by atoms with E-state index < -0.39 is 17.7 Å². The standard InChI is InChI=1S/C28H36N2O6/c1-7-35-23-15-19(8-11-22(23)31)25-24(27(33)28(34)30(25)13-12-29(5)6)26(32)21-10-9-20(14-18(21)4)36-16-17(2)3/h8-11,14-15,17,25,31-32H,7,12-13,16H2,1-6H3/b26-24+/t25-/m0/s1. The number of rotatable bonds is 10. The lowest BCUT2D eigenvalue weighted by Gasteiger charge is -2.27. The van der Waals surface area contributed by atoms with E-state index in [1.54, 1.807) is 31.2 Å². The molecule has 1 amide bonds. The van der Waals surface area contributed by atoms with Crippen LogP contribution >= 0.6 is 0 Å². The van der Waals surface area contributed by atoms with E-state index in [4.69, 9.17) is 9.47 Å². The zero-order chi connectivity index (χ0) is 26.6. The highest BCUT2D eigenvalue weighted by atomic mass is 16.5. The molecule has 1 atom stereocenters. The molecule has 8 nitrogen and oxygen atoms in total. The largest absolute Gasteiger partial charge is 0.507 e. The molecule has 2 aromatic rings. The van der Waals surface area contributed by atoms with E-state index in [1.165, 1.54) is 11.0 Å². The van der Waals surface area contributed by atoms with Crippen molar-refractivity contribution in [1.29, 1.82) is 0 Å². The molecular weight excluding hydrogens is 460 g/mol. The summed E-state index contributed by atoms with van der Waals surface area (Å²) in [6, 6.07) is 9.14. The molecule has 0 aromatic heterocycles. The van der Waals surface area contributed by atoms with E-state index in [0.29, 0.717) is 48.1 Å². The van der Waals surface area contributed by atoms with Crippen LogP contribution < -0.4 is 9.47 Å². The van der Waals surface area contributed by atoms with Gasteiger partial charge in [-0.25, -0.2) is 0 Å². The number of nitrogens with zero attached hydrogens (tertiary/aromatic N) is 2. The molecule has 1 aliphatic rings. The highest BCUT2D eigenvalue weighted by Gasteiger charge is 2.46. The summed E-state index contributed by atoms with van der Waals surface area (Å²) >= 11 is 0. The monoisotopic (exact) mass is 496 g/mol. The molecule has 2 aromatic carbocycles. The number of likely N-dealkylation sites (tertiary alicyclic amines) is 1. The number of amides is 1. The van der Waals surface area contributed by atoms with E-state index in [1.807, 2.05) is 32.0 Å². The van der Waals surface area contributed by atoms with Gasteiger partial charge in [0.1, 0.15) is 11.5 Å². The summed E-state index contributed by atoms with van der Waals surface area (Å²) in [4.78, 5) is 29.8. The number of aliphatic hydroxyl groups is 1. The molecule has 194 valence electrons. The molecule has 3 rings (SSSR count). The number of aryl methyl sites for hydroxylation is 1. The summed E-state index contributed by atoms with van der Waals surface area (Å²) in [5, 5.41) is 21.6. The van der Waals surface area contributed by atoms with Crippen LogP contribution in [0.2, 0.25) is 0 Å². The van der Waals surface area contributed by atoms with Crippen LogP contribution in [0.4, 0.5) is 0 Å². The first kappa shape index (κ1) is 27.1. The van der Waals surface area contributed by atoms with Gasteiger partial charge in [0.25, 0.3) is 11.7 Å². The Morgan fingerprint density at radius 1 is 1.11 bits per heavy atom. The van der Waals surface area contributed by atoms with Gasteiger partial charge in [0.15, 0.2) is 11.5 Å². The summed E-state index contributed by atoms with van der Waals surface area (Å²) in [5.41, 5.74) is 1.73. The van der Waals surface area contributed by atoms with E-state index in [-0.39, 0.29) is 29.4 Å². The van der Waals surface area contributed by atoms with Crippen molar-refractivity contribution >= 4 is 17.4 Å².